The molecule has 0 saturated heterocycles. The first kappa shape index (κ1) is 18.1. The van der Waals surface area contributed by atoms with Gasteiger partial charge in [0.15, 0.2) is 4.34 Å². The van der Waals surface area contributed by atoms with Crippen molar-refractivity contribution < 1.29 is 0 Å². The second kappa shape index (κ2) is 7.41. The van der Waals surface area contributed by atoms with Gasteiger partial charge in [-0.3, -0.25) is 4.79 Å². The van der Waals surface area contributed by atoms with E-state index >= 15 is 0 Å². The topological polar surface area (TPSA) is 83.6 Å². The highest BCUT2D eigenvalue weighted by atomic mass is 32.2. The van der Waals surface area contributed by atoms with Gasteiger partial charge in [0.25, 0.3) is 5.56 Å². The number of anilines is 2. The van der Waals surface area contributed by atoms with Crippen LogP contribution in [0, 0.1) is 13.8 Å². The Morgan fingerprint density at radius 2 is 1.93 bits per heavy atom. The van der Waals surface area contributed by atoms with Crippen LogP contribution in [0.15, 0.2) is 39.5 Å². The largest absolute Gasteiger partial charge is 0.330 e. The Morgan fingerprint density at radius 1 is 1.15 bits per heavy atom. The van der Waals surface area contributed by atoms with E-state index in [1.54, 1.807) is 11.3 Å². The van der Waals surface area contributed by atoms with Gasteiger partial charge in [-0.2, -0.15) is 0 Å². The van der Waals surface area contributed by atoms with Gasteiger partial charge >= 0.3 is 0 Å². The van der Waals surface area contributed by atoms with Crippen molar-refractivity contribution in [2.45, 2.75) is 30.4 Å². The molecule has 3 heterocycles. The van der Waals surface area contributed by atoms with Crippen LogP contribution < -0.4 is 10.9 Å². The van der Waals surface area contributed by atoms with E-state index in [9.17, 15) is 4.79 Å². The molecule has 1 atom stereocenters. The average molecular weight is 416 g/mol. The van der Waals surface area contributed by atoms with Crippen molar-refractivity contribution in [3.05, 3.63) is 57.0 Å². The number of fused-ring (bicyclic) bond motifs is 1. The molecule has 6 nitrogen and oxygen atoms in total. The van der Waals surface area contributed by atoms with Gasteiger partial charge in [-0.15, -0.1) is 21.5 Å². The highest BCUT2D eigenvalue weighted by Gasteiger charge is 2.18. The number of aromatic amines is 1. The van der Waals surface area contributed by atoms with E-state index in [2.05, 4.69) is 25.5 Å². The summed E-state index contributed by atoms with van der Waals surface area (Å²) < 4.78 is 0.821. The van der Waals surface area contributed by atoms with Crippen LogP contribution >= 0.6 is 34.4 Å². The fraction of sp³-hybridized carbons (Fsp3) is 0.222. The third kappa shape index (κ3) is 3.76. The van der Waals surface area contributed by atoms with Crippen molar-refractivity contribution in [3.63, 3.8) is 0 Å². The van der Waals surface area contributed by atoms with Crippen LogP contribution in [0.4, 0.5) is 10.8 Å². The lowest BCUT2D eigenvalue weighted by molar-refractivity contribution is 0.919. The van der Waals surface area contributed by atoms with Crippen LogP contribution in [-0.4, -0.2) is 20.2 Å². The number of hydrogen-bond donors (Lipinski definition) is 2. The number of nitrogens with zero attached hydrogens (tertiary/aromatic N) is 3. The second-order valence-corrected chi connectivity index (χ2v) is 9.81. The number of H-pyrrole nitrogens is 1. The van der Waals surface area contributed by atoms with Gasteiger partial charge in [0.1, 0.15) is 10.7 Å². The first-order valence-electron chi connectivity index (χ1n) is 8.33. The number of aromatic nitrogens is 4. The Morgan fingerprint density at radius 3 is 2.70 bits per heavy atom. The van der Waals surface area contributed by atoms with E-state index in [1.165, 1.54) is 23.1 Å². The SMILES string of the molecule is Cc1sc2nc([C@H](C)Sc3nnc(Nc4ccccc4)s3)[nH]c(=O)c2c1C. The van der Waals surface area contributed by atoms with Crippen LogP contribution in [0.3, 0.4) is 0 Å². The minimum absolute atomic E-state index is 0.0395. The van der Waals surface area contributed by atoms with Crippen LogP contribution in [-0.2, 0) is 0 Å². The predicted octanol–water partition coefficient (Wildman–Crippen LogP) is 5.05. The molecule has 9 heteroatoms. The Balaban J connectivity index is 1.53. The van der Waals surface area contributed by atoms with Gasteiger partial charge in [-0.1, -0.05) is 41.3 Å². The number of hydrogen-bond acceptors (Lipinski definition) is 8. The normalized spacial score (nSPS) is 12.4. The summed E-state index contributed by atoms with van der Waals surface area (Å²) in [4.78, 5) is 22.0. The molecule has 0 unspecified atom stereocenters. The molecule has 4 rings (SSSR count). The van der Waals surface area contributed by atoms with Gasteiger partial charge in [0.2, 0.25) is 5.13 Å². The lowest BCUT2D eigenvalue weighted by Crippen LogP contribution is -2.12. The van der Waals surface area contributed by atoms with Crippen molar-refractivity contribution in [1.29, 1.82) is 0 Å². The molecule has 0 radical (unpaired) electrons. The molecule has 138 valence electrons. The summed E-state index contributed by atoms with van der Waals surface area (Å²) in [6, 6.07) is 9.85. The van der Waals surface area contributed by atoms with E-state index < -0.39 is 0 Å². The number of aryl methyl sites for hydroxylation is 2. The zero-order valence-electron chi connectivity index (χ0n) is 14.9. The molecule has 0 amide bonds. The maximum absolute atomic E-state index is 12.5. The number of thiophene rings is 1. The Bertz CT molecular complexity index is 1150. The Kier molecular flexibility index (Phi) is 4.98. The maximum atomic E-state index is 12.5. The van der Waals surface area contributed by atoms with Crippen molar-refractivity contribution in [3.8, 4) is 0 Å². The quantitative estimate of drug-likeness (QED) is 0.444. The zero-order valence-corrected chi connectivity index (χ0v) is 17.4. The van der Waals surface area contributed by atoms with E-state index in [4.69, 9.17) is 0 Å². The highest BCUT2D eigenvalue weighted by Crippen LogP contribution is 2.37. The summed E-state index contributed by atoms with van der Waals surface area (Å²) in [5.41, 5.74) is 1.91. The minimum Gasteiger partial charge on any atom is -0.330 e. The van der Waals surface area contributed by atoms with Crippen molar-refractivity contribution in [2.24, 2.45) is 0 Å². The molecule has 1 aromatic carbocycles. The molecule has 27 heavy (non-hydrogen) atoms. The third-order valence-electron chi connectivity index (χ3n) is 4.15. The summed E-state index contributed by atoms with van der Waals surface area (Å²) in [5.74, 6) is 0.659. The number of rotatable bonds is 5. The van der Waals surface area contributed by atoms with Gasteiger partial charge in [0.05, 0.1) is 10.6 Å². The number of nitrogens with one attached hydrogen (secondary N) is 2. The molecular formula is C18H17N5OS3. The molecule has 0 fully saturated rings. The van der Waals surface area contributed by atoms with Crippen molar-refractivity contribution >= 4 is 55.5 Å². The Hall–Kier alpha value is -2.23. The summed E-state index contributed by atoms with van der Waals surface area (Å²) in [6.45, 7) is 5.99. The molecule has 0 spiro atoms. The van der Waals surface area contributed by atoms with Gasteiger partial charge < -0.3 is 10.3 Å². The maximum Gasteiger partial charge on any atom is 0.259 e. The molecule has 0 aliphatic carbocycles. The lowest BCUT2D eigenvalue weighted by atomic mass is 10.2. The molecule has 2 N–H and O–H groups in total. The van der Waals surface area contributed by atoms with E-state index in [1.807, 2.05) is 51.1 Å². The standard InChI is InChI=1S/C18H17N5OS3/c1-9-10(2)25-16-13(9)15(24)20-14(21-16)11(3)26-18-23-22-17(27-18)19-12-7-5-4-6-8-12/h4-8,11H,1-3H3,(H,19,22)(H,20,21,24)/t11-/m0/s1. The number of thioether (sulfide) groups is 1. The lowest BCUT2D eigenvalue weighted by Gasteiger charge is -2.07. The third-order valence-corrected chi connectivity index (χ3v) is 7.28. The predicted molar refractivity (Wildman–Crippen MR) is 114 cm³/mol. The van der Waals surface area contributed by atoms with Gasteiger partial charge in [-0.25, -0.2) is 4.98 Å². The molecule has 4 aromatic rings. The monoisotopic (exact) mass is 415 g/mol. The van der Waals surface area contributed by atoms with Crippen molar-refractivity contribution in [1.82, 2.24) is 20.2 Å². The van der Waals surface area contributed by atoms with E-state index in [0.29, 0.717) is 11.2 Å². The molecule has 0 aliphatic heterocycles. The fourth-order valence-electron chi connectivity index (χ4n) is 2.62. The molecule has 0 bridgehead atoms. The van der Waals surface area contributed by atoms with E-state index in [0.717, 1.165) is 30.4 Å². The first-order chi connectivity index (χ1) is 13.0. The summed E-state index contributed by atoms with van der Waals surface area (Å²) in [6.07, 6.45) is 0. The average Bonchev–Trinajstić information content (AvgIpc) is 3.20. The van der Waals surface area contributed by atoms with Gasteiger partial charge in [0, 0.05) is 10.6 Å². The van der Waals surface area contributed by atoms with Crippen LogP contribution in [0.1, 0.15) is 28.4 Å². The molecule has 3 aromatic heterocycles. The second-order valence-electron chi connectivity index (χ2n) is 6.04. The Labute approximate surface area is 168 Å². The fourth-order valence-corrected chi connectivity index (χ4v) is 5.63. The summed E-state index contributed by atoms with van der Waals surface area (Å²) in [7, 11) is 0. The number of benzene rings is 1. The highest BCUT2D eigenvalue weighted by molar-refractivity contribution is 8.01. The summed E-state index contributed by atoms with van der Waals surface area (Å²) >= 11 is 4.57. The van der Waals surface area contributed by atoms with Crippen molar-refractivity contribution in [2.75, 3.05) is 5.32 Å². The zero-order chi connectivity index (χ0) is 19.0. The van der Waals surface area contributed by atoms with E-state index in [-0.39, 0.29) is 10.8 Å². The minimum atomic E-state index is -0.0759. The summed E-state index contributed by atoms with van der Waals surface area (Å²) in [5, 5.41) is 13.1. The van der Waals surface area contributed by atoms with Gasteiger partial charge in [-0.05, 0) is 38.5 Å². The van der Waals surface area contributed by atoms with Crippen LogP contribution in [0.2, 0.25) is 0 Å². The van der Waals surface area contributed by atoms with Crippen LogP contribution in [0.25, 0.3) is 10.2 Å². The molecule has 0 saturated carbocycles. The van der Waals surface area contributed by atoms with Crippen LogP contribution in [0.5, 0.6) is 0 Å². The first-order valence-corrected chi connectivity index (χ1v) is 10.8. The molecular weight excluding hydrogens is 398 g/mol. The number of para-hydroxylation sites is 1. The molecule has 0 aliphatic rings. The smallest absolute Gasteiger partial charge is 0.259 e.